The number of H-pyrrole nitrogens is 1. The van der Waals surface area contributed by atoms with Crippen LogP contribution in [-0.4, -0.2) is 28.2 Å². The Morgan fingerprint density at radius 3 is 2.95 bits per heavy atom. The number of benzene rings is 1. The molecule has 0 unspecified atom stereocenters. The van der Waals surface area contributed by atoms with Gasteiger partial charge in [0.25, 0.3) is 5.91 Å². The standard InChI is InChI=1S/C14H18N4O/c15-9-14(5-1-2-6-14)17-13(19)10-3-4-11-8-16-18-12(11)7-10/h3-4,7-8H,1-2,5-6,9,15H2,(H,16,18)(H,17,19). The number of fused-ring (bicyclic) bond motifs is 1. The van der Waals surface area contributed by atoms with Gasteiger partial charge < -0.3 is 11.1 Å². The maximum Gasteiger partial charge on any atom is 0.251 e. The summed E-state index contributed by atoms with van der Waals surface area (Å²) in [6.45, 7) is 0.505. The van der Waals surface area contributed by atoms with E-state index in [4.69, 9.17) is 5.73 Å². The molecule has 5 nitrogen and oxygen atoms in total. The van der Waals surface area contributed by atoms with Crippen molar-refractivity contribution in [2.45, 2.75) is 31.2 Å². The lowest BCUT2D eigenvalue weighted by Crippen LogP contribution is -2.51. The van der Waals surface area contributed by atoms with Crippen LogP contribution in [0.25, 0.3) is 10.9 Å². The lowest BCUT2D eigenvalue weighted by atomic mass is 9.97. The molecule has 1 aliphatic rings. The van der Waals surface area contributed by atoms with Gasteiger partial charge in [-0.25, -0.2) is 0 Å². The first kappa shape index (κ1) is 12.2. The van der Waals surface area contributed by atoms with Crippen molar-refractivity contribution in [1.82, 2.24) is 15.5 Å². The van der Waals surface area contributed by atoms with Crippen molar-refractivity contribution >= 4 is 16.8 Å². The van der Waals surface area contributed by atoms with E-state index in [9.17, 15) is 4.79 Å². The molecule has 1 heterocycles. The van der Waals surface area contributed by atoms with Gasteiger partial charge in [0.2, 0.25) is 0 Å². The summed E-state index contributed by atoms with van der Waals surface area (Å²) in [5, 5.41) is 11.0. The molecule has 0 saturated heterocycles. The minimum atomic E-state index is -0.208. The Bertz CT molecular complexity index is 598. The molecule has 19 heavy (non-hydrogen) atoms. The van der Waals surface area contributed by atoms with Crippen molar-refractivity contribution in [2.75, 3.05) is 6.54 Å². The highest BCUT2D eigenvalue weighted by Gasteiger charge is 2.34. The fraction of sp³-hybridized carbons (Fsp3) is 0.429. The Balaban J connectivity index is 1.82. The van der Waals surface area contributed by atoms with E-state index in [-0.39, 0.29) is 11.4 Å². The zero-order valence-corrected chi connectivity index (χ0v) is 10.8. The summed E-state index contributed by atoms with van der Waals surface area (Å²) in [6, 6.07) is 5.56. The Hall–Kier alpha value is -1.88. The van der Waals surface area contributed by atoms with Crippen molar-refractivity contribution in [3.05, 3.63) is 30.0 Å². The summed E-state index contributed by atoms with van der Waals surface area (Å²) < 4.78 is 0. The van der Waals surface area contributed by atoms with E-state index < -0.39 is 0 Å². The Labute approximate surface area is 111 Å². The molecule has 4 N–H and O–H groups in total. The van der Waals surface area contributed by atoms with E-state index in [1.54, 1.807) is 6.20 Å². The van der Waals surface area contributed by atoms with Gasteiger partial charge >= 0.3 is 0 Å². The van der Waals surface area contributed by atoms with Crippen LogP contribution >= 0.6 is 0 Å². The number of aromatic nitrogens is 2. The topological polar surface area (TPSA) is 83.8 Å². The molecule has 1 amide bonds. The van der Waals surface area contributed by atoms with Crippen LogP contribution in [-0.2, 0) is 0 Å². The van der Waals surface area contributed by atoms with Gasteiger partial charge in [-0.05, 0) is 25.0 Å². The average molecular weight is 258 g/mol. The second-order valence-electron chi connectivity index (χ2n) is 5.32. The summed E-state index contributed by atoms with van der Waals surface area (Å²) in [6.07, 6.45) is 5.96. The monoisotopic (exact) mass is 258 g/mol. The zero-order valence-electron chi connectivity index (χ0n) is 10.8. The van der Waals surface area contributed by atoms with Gasteiger partial charge in [-0.15, -0.1) is 0 Å². The molecule has 0 radical (unpaired) electrons. The van der Waals surface area contributed by atoms with Gasteiger partial charge in [0.05, 0.1) is 17.3 Å². The molecule has 1 aliphatic carbocycles. The van der Waals surface area contributed by atoms with E-state index in [2.05, 4.69) is 15.5 Å². The second-order valence-corrected chi connectivity index (χ2v) is 5.32. The number of amides is 1. The lowest BCUT2D eigenvalue weighted by Gasteiger charge is -2.28. The van der Waals surface area contributed by atoms with Crippen LogP contribution in [0, 0.1) is 0 Å². The van der Waals surface area contributed by atoms with Crippen molar-refractivity contribution < 1.29 is 4.79 Å². The maximum atomic E-state index is 12.3. The van der Waals surface area contributed by atoms with Crippen LogP contribution in [0.2, 0.25) is 0 Å². The first-order valence-electron chi connectivity index (χ1n) is 6.68. The molecule has 1 aromatic carbocycles. The number of carbonyl (C=O) groups is 1. The van der Waals surface area contributed by atoms with Crippen LogP contribution in [0.1, 0.15) is 36.0 Å². The fourth-order valence-electron chi connectivity index (χ4n) is 2.82. The quantitative estimate of drug-likeness (QED) is 0.781. The van der Waals surface area contributed by atoms with Crippen LogP contribution in [0.4, 0.5) is 0 Å². The molecule has 0 spiro atoms. The first-order valence-corrected chi connectivity index (χ1v) is 6.68. The van der Waals surface area contributed by atoms with Crippen molar-refractivity contribution in [3.8, 4) is 0 Å². The van der Waals surface area contributed by atoms with Gasteiger partial charge in [-0.3, -0.25) is 9.89 Å². The molecular formula is C14H18N4O. The molecule has 0 aliphatic heterocycles. The van der Waals surface area contributed by atoms with Crippen LogP contribution in [0.15, 0.2) is 24.4 Å². The summed E-state index contributed by atoms with van der Waals surface area (Å²) >= 11 is 0. The third kappa shape index (κ3) is 2.21. The first-order chi connectivity index (χ1) is 9.22. The number of rotatable bonds is 3. The summed E-state index contributed by atoms with van der Waals surface area (Å²) in [4.78, 5) is 12.3. The smallest absolute Gasteiger partial charge is 0.251 e. The summed E-state index contributed by atoms with van der Waals surface area (Å²) in [7, 11) is 0. The normalized spacial score (nSPS) is 17.7. The minimum absolute atomic E-state index is 0.0520. The van der Waals surface area contributed by atoms with E-state index >= 15 is 0 Å². The molecule has 2 aromatic rings. The van der Waals surface area contributed by atoms with E-state index in [1.807, 2.05) is 18.2 Å². The minimum Gasteiger partial charge on any atom is -0.345 e. The molecule has 1 aromatic heterocycles. The number of nitrogens with one attached hydrogen (secondary N) is 2. The van der Waals surface area contributed by atoms with E-state index in [0.29, 0.717) is 12.1 Å². The second kappa shape index (κ2) is 4.66. The Morgan fingerprint density at radius 1 is 1.42 bits per heavy atom. The molecule has 100 valence electrons. The van der Waals surface area contributed by atoms with Crippen molar-refractivity contribution in [3.63, 3.8) is 0 Å². The molecule has 3 rings (SSSR count). The largest absolute Gasteiger partial charge is 0.345 e. The number of carbonyl (C=O) groups excluding carboxylic acids is 1. The maximum absolute atomic E-state index is 12.3. The number of hydrogen-bond donors (Lipinski definition) is 3. The molecule has 0 bridgehead atoms. The van der Waals surface area contributed by atoms with Crippen LogP contribution in [0.3, 0.4) is 0 Å². The number of aromatic amines is 1. The van der Waals surface area contributed by atoms with Gasteiger partial charge in [-0.2, -0.15) is 5.10 Å². The van der Waals surface area contributed by atoms with Gasteiger partial charge in [0, 0.05) is 17.5 Å². The van der Waals surface area contributed by atoms with E-state index in [0.717, 1.165) is 36.6 Å². The Kier molecular flexibility index (Phi) is 2.98. The predicted octanol–water partition coefficient (Wildman–Crippen LogP) is 1.56. The molecule has 1 saturated carbocycles. The van der Waals surface area contributed by atoms with Gasteiger partial charge in [-0.1, -0.05) is 18.9 Å². The number of hydrogen-bond acceptors (Lipinski definition) is 3. The molecular weight excluding hydrogens is 240 g/mol. The van der Waals surface area contributed by atoms with Crippen molar-refractivity contribution in [1.29, 1.82) is 0 Å². The zero-order chi connectivity index (χ0) is 13.3. The lowest BCUT2D eigenvalue weighted by molar-refractivity contribution is 0.0903. The fourth-order valence-corrected chi connectivity index (χ4v) is 2.82. The summed E-state index contributed by atoms with van der Waals surface area (Å²) in [5.74, 6) is -0.0520. The van der Waals surface area contributed by atoms with E-state index in [1.165, 1.54) is 0 Å². The highest BCUT2D eigenvalue weighted by Crippen LogP contribution is 2.29. The number of nitrogens with zero attached hydrogens (tertiary/aromatic N) is 1. The highest BCUT2D eigenvalue weighted by atomic mass is 16.1. The van der Waals surface area contributed by atoms with Crippen LogP contribution in [0.5, 0.6) is 0 Å². The third-order valence-corrected chi connectivity index (χ3v) is 4.03. The SMILES string of the molecule is NCC1(NC(=O)c2ccc3cn[nH]c3c2)CCCC1. The van der Waals surface area contributed by atoms with Gasteiger partial charge in [0.1, 0.15) is 0 Å². The highest BCUT2D eigenvalue weighted by molar-refractivity contribution is 5.98. The van der Waals surface area contributed by atoms with Crippen molar-refractivity contribution in [2.24, 2.45) is 5.73 Å². The molecule has 0 atom stereocenters. The third-order valence-electron chi connectivity index (χ3n) is 4.03. The molecule has 5 heteroatoms. The number of nitrogens with two attached hydrogens (primary N) is 1. The molecule has 1 fully saturated rings. The predicted molar refractivity (Wildman–Crippen MR) is 73.8 cm³/mol. The van der Waals surface area contributed by atoms with Crippen LogP contribution < -0.4 is 11.1 Å². The Morgan fingerprint density at radius 2 is 2.21 bits per heavy atom. The van der Waals surface area contributed by atoms with Gasteiger partial charge in [0.15, 0.2) is 0 Å². The average Bonchev–Trinajstić information content (AvgIpc) is 3.06. The summed E-state index contributed by atoms with van der Waals surface area (Å²) in [5.41, 5.74) is 7.16.